The Labute approximate surface area is 150 Å². The number of nitrogens with zero attached hydrogens (tertiary/aromatic N) is 4. The van der Waals surface area contributed by atoms with Crippen molar-refractivity contribution in [3.8, 4) is 0 Å². The third kappa shape index (κ3) is 4.64. The van der Waals surface area contributed by atoms with E-state index >= 15 is 0 Å². The fraction of sp³-hybridized carbons (Fsp3) is 0.500. The second-order valence-corrected chi connectivity index (χ2v) is 6.59. The van der Waals surface area contributed by atoms with Gasteiger partial charge in [-0.15, -0.1) is 11.3 Å². The molecule has 2 aromatic heterocycles. The Balaban J connectivity index is 1.52. The van der Waals surface area contributed by atoms with E-state index in [-0.39, 0.29) is 5.91 Å². The molecule has 0 radical (unpaired) electrons. The molecule has 0 aliphatic carbocycles. The Bertz CT molecular complexity index is 729. The van der Waals surface area contributed by atoms with Crippen LogP contribution in [0, 0.1) is 13.8 Å². The van der Waals surface area contributed by atoms with Crippen LogP contribution in [0.4, 0.5) is 11.8 Å². The van der Waals surface area contributed by atoms with E-state index in [1.807, 2.05) is 19.9 Å². The molecular weight excluding hydrogens is 340 g/mol. The maximum Gasteiger partial charge on any atom is 0.263 e. The van der Waals surface area contributed by atoms with Crippen molar-refractivity contribution in [3.05, 3.63) is 27.8 Å². The predicted octanol–water partition coefficient (Wildman–Crippen LogP) is 1.23. The summed E-state index contributed by atoms with van der Waals surface area (Å²) in [7, 11) is 0. The second-order valence-electron chi connectivity index (χ2n) is 5.74. The average molecular weight is 362 g/mol. The number of ether oxygens (including phenoxy) is 1. The van der Waals surface area contributed by atoms with Crippen molar-refractivity contribution >= 4 is 29.0 Å². The highest BCUT2D eigenvalue weighted by Gasteiger charge is 2.14. The number of carbonyl (C=O) groups excluding carboxylic acids is 1. The second kappa shape index (κ2) is 8.21. The Hall–Kier alpha value is -2.26. The number of hydrogen-bond donors (Lipinski definition) is 2. The topological polar surface area (TPSA) is 92.3 Å². The zero-order valence-corrected chi connectivity index (χ0v) is 15.2. The van der Waals surface area contributed by atoms with E-state index in [1.54, 1.807) is 5.51 Å². The summed E-state index contributed by atoms with van der Waals surface area (Å²) in [5.41, 5.74) is 3.34. The third-order valence-electron chi connectivity index (χ3n) is 3.82. The number of aryl methyl sites for hydroxylation is 2. The highest BCUT2D eigenvalue weighted by atomic mass is 32.1. The zero-order valence-electron chi connectivity index (χ0n) is 14.4. The molecule has 3 heterocycles. The molecule has 2 N–H and O–H groups in total. The minimum atomic E-state index is -0.0963. The molecule has 3 rings (SSSR count). The van der Waals surface area contributed by atoms with Gasteiger partial charge in [-0.1, -0.05) is 0 Å². The monoisotopic (exact) mass is 362 g/mol. The number of anilines is 2. The summed E-state index contributed by atoms with van der Waals surface area (Å²) in [5.74, 6) is 1.38. The molecule has 0 bridgehead atoms. The summed E-state index contributed by atoms with van der Waals surface area (Å²) in [6.07, 6.45) is 0. The number of morpholine rings is 1. The number of hydrogen-bond acceptors (Lipinski definition) is 8. The van der Waals surface area contributed by atoms with Crippen molar-refractivity contribution < 1.29 is 9.53 Å². The molecule has 0 aromatic carbocycles. The number of rotatable bonds is 6. The van der Waals surface area contributed by atoms with Gasteiger partial charge < -0.3 is 20.3 Å². The van der Waals surface area contributed by atoms with Crippen molar-refractivity contribution in [2.45, 2.75) is 13.8 Å². The lowest BCUT2D eigenvalue weighted by Gasteiger charge is -2.28. The number of nitrogens with one attached hydrogen (secondary N) is 2. The first-order chi connectivity index (χ1) is 12.1. The van der Waals surface area contributed by atoms with Crippen LogP contribution in [0.1, 0.15) is 21.1 Å². The molecule has 9 heteroatoms. The summed E-state index contributed by atoms with van der Waals surface area (Å²) in [5, 5.41) is 6.05. The molecular formula is C16H22N6O2S. The molecule has 0 unspecified atom stereocenters. The molecule has 0 saturated carbocycles. The van der Waals surface area contributed by atoms with Gasteiger partial charge in [0.1, 0.15) is 10.7 Å². The number of amides is 1. The molecule has 0 atom stereocenters. The molecule has 0 spiro atoms. The van der Waals surface area contributed by atoms with E-state index in [4.69, 9.17) is 4.74 Å². The van der Waals surface area contributed by atoms with Crippen LogP contribution in [0.2, 0.25) is 0 Å². The van der Waals surface area contributed by atoms with Gasteiger partial charge in [-0.3, -0.25) is 4.79 Å². The highest BCUT2D eigenvalue weighted by Crippen LogP contribution is 2.16. The van der Waals surface area contributed by atoms with Crippen LogP contribution >= 0.6 is 11.3 Å². The smallest absolute Gasteiger partial charge is 0.263 e. The first-order valence-electron chi connectivity index (χ1n) is 8.24. The van der Waals surface area contributed by atoms with Gasteiger partial charge in [-0.05, 0) is 13.8 Å². The van der Waals surface area contributed by atoms with Gasteiger partial charge in [0, 0.05) is 37.9 Å². The molecule has 134 valence electrons. The maximum absolute atomic E-state index is 12.0. The van der Waals surface area contributed by atoms with Crippen LogP contribution in [0.15, 0.2) is 11.6 Å². The fourth-order valence-corrected chi connectivity index (χ4v) is 3.25. The molecule has 1 aliphatic heterocycles. The van der Waals surface area contributed by atoms with Crippen LogP contribution in [-0.4, -0.2) is 60.3 Å². The van der Waals surface area contributed by atoms with Gasteiger partial charge in [0.25, 0.3) is 5.91 Å². The number of carbonyl (C=O) groups is 1. The lowest BCUT2D eigenvalue weighted by atomic mass is 10.3. The number of aromatic nitrogens is 3. The van der Waals surface area contributed by atoms with Gasteiger partial charge in [0.05, 0.1) is 24.4 Å². The summed E-state index contributed by atoms with van der Waals surface area (Å²) in [6, 6.07) is 1.98. The van der Waals surface area contributed by atoms with Crippen molar-refractivity contribution in [1.82, 2.24) is 20.3 Å². The standard InChI is InChI=1S/C16H22N6O2S/c1-11-9-13(22-5-7-24-8-6-22)21-16(20-11)18-4-3-17-15(23)14-12(2)19-10-25-14/h9-10H,3-8H2,1-2H3,(H,17,23)(H,18,20,21). The molecule has 8 nitrogen and oxygen atoms in total. The lowest BCUT2D eigenvalue weighted by Crippen LogP contribution is -2.37. The maximum atomic E-state index is 12.0. The predicted molar refractivity (Wildman–Crippen MR) is 97.5 cm³/mol. The van der Waals surface area contributed by atoms with E-state index in [9.17, 15) is 4.79 Å². The van der Waals surface area contributed by atoms with Crippen molar-refractivity contribution in [1.29, 1.82) is 0 Å². The van der Waals surface area contributed by atoms with Gasteiger partial charge in [0.15, 0.2) is 0 Å². The van der Waals surface area contributed by atoms with Gasteiger partial charge in [-0.2, -0.15) is 4.98 Å². The normalized spacial score (nSPS) is 14.4. The Morgan fingerprint density at radius 1 is 1.28 bits per heavy atom. The van der Waals surface area contributed by atoms with Crippen LogP contribution in [0.3, 0.4) is 0 Å². The summed E-state index contributed by atoms with van der Waals surface area (Å²) >= 11 is 1.35. The van der Waals surface area contributed by atoms with E-state index in [0.29, 0.717) is 23.9 Å². The van der Waals surface area contributed by atoms with Crippen LogP contribution < -0.4 is 15.5 Å². The minimum absolute atomic E-state index is 0.0963. The molecule has 2 aromatic rings. The summed E-state index contributed by atoms with van der Waals surface area (Å²) in [4.78, 5) is 27.9. The molecule has 1 saturated heterocycles. The average Bonchev–Trinajstić information content (AvgIpc) is 3.05. The minimum Gasteiger partial charge on any atom is -0.378 e. The van der Waals surface area contributed by atoms with Crippen LogP contribution in [0.5, 0.6) is 0 Å². The highest BCUT2D eigenvalue weighted by molar-refractivity contribution is 7.11. The van der Waals surface area contributed by atoms with E-state index < -0.39 is 0 Å². The zero-order chi connectivity index (χ0) is 17.6. The lowest BCUT2D eigenvalue weighted by molar-refractivity contribution is 0.0958. The molecule has 1 amide bonds. The van der Waals surface area contributed by atoms with Crippen LogP contribution in [-0.2, 0) is 4.74 Å². The van der Waals surface area contributed by atoms with Crippen molar-refractivity contribution in [2.24, 2.45) is 0 Å². The Morgan fingerprint density at radius 3 is 2.80 bits per heavy atom. The first kappa shape index (κ1) is 17.6. The fourth-order valence-electron chi connectivity index (χ4n) is 2.54. The quantitative estimate of drug-likeness (QED) is 0.747. The number of thiazole rings is 1. The van der Waals surface area contributed by atoms with E-state index in [2.05, 4.69) is 30.5 Å². The van der Waals surface area contributed by atoms with E-state index in [0.717, 1.165) is 43.5 Å². The summed E-state index contributed by atoms with van der Waals surface area (Å²) < 4.78 is 5.38. The molecule has 25 heavy (non-hydrogen) atoms. The van der Waals surface area contributed by atoms with Crippen molar-refractivity contribution in [3.63, 3.8) is 0 Å². The Kier molecular flexibility index (Phi) is 5.77. The largest absolute Gasteiger partial charge is 0.378 e. The third-order valence-corrected chi connectivity index (χ3v) is 4.75. The molecule has 1 fully saturated rings. The molecule has 1 aliphatic rings. The SMILES string of the molecule is Cc1cc(N2CCOCC2)nc(NCCNC(=O)c2scnc2C)n1. The summed E-state index contributed by atoms with van der Waals surface area (Å²) in [6.45, 7) is 7.92. The van der Waals surface area contributed by atoms with E-state index in [1.165, 1.54) is 11.3 Å². The van der Waals surface area contributed by atoms with Crippen molar-refractivity contribution in [2.75, 3.05) is 49.6 Å². The van der Waals surface area contributed by atoms with Gasteiger partial charge in [0.2, 0.25) is 5.95 Å². The first-order valence-corrected chi connectivity index (χ1v) is 9.12. The van der Waals surface area contributed by atoms with Crippen LogP contribution in [0.25, 0.3) is 0 Å². The van der Waals surface area contributed by atoms with Gasteiger partial charge >= 0.3 is 0 Å². The Morgan fingerprint density at radius 2 is 2.08 bits per heavy atom. The van der Waals surface area contributed by atoms with Gasteiger partial charge in [-0.25, -0.2) is 9.97 Å².